The molecular formula is C45H64FN9O4. The zero-order chi connectivity index (χ0) is 43.4. The van der Waals surface area contributed by atoms with Gasteiger partial charge in [-0.3, -0.25) is 20.7 Å². The Morgan fingerprint density at radius 2 is 1.64 bits per heavy atom. The first-order valence-corrected chi connectivity index (χ1v) is 20.7. The van der Waals surface area contributed by atoms with Crippen LogP contribution in [0.3, 0.4) is 0 Å². The van der Waals surface area contributed by atoms with Gasteiger partial charge < -0.3 is 29.4 Å². The summed E-state index contributed by atoms with van der Waals surface area (Å²) in [5.41, 5.74) is 2.96. The highest BCUT2D eigenvalue weighted by Gasteiger charge is 2.31. The molecule has 1 aliphatic carbocycles. The molecule has 2 aromatic carbocycles. The van der Waals surface area contributed by atoms with Crippen molar-refractivity contribution in [3.05, 3.63) is 95.0 Å². The molecule has 0 bridgehead atoms. The number of aldehydes is 1. The highest BCUT2D eigenvalue weighted by Crippen LogP contribution is 2.39. The number of carbonyl (C=O) groups is 2. The quantitative estimate of drug-likeness (QED) is 0.0750. The maximum Gasteiger partial charge on any atom is 0.320 e. The summed E-state index contributed by atoms with van der Waals surface area (Å²) in [6.07, 6.45) is 6.63. The number of benzene rings is 2. The number of hydrogen-bond donors (Lipinski definition) is 4. The zero-order valence-electron chi connectivity index (χ0n) is 36.4. The van der Waals surface area contributed by atoms with E-state index in [9.17, 15) is 9.18 Å². The van der Waals surface area contributed by atoms with Gasteiger partial charge in [0.05, 0.1) is 23.6 Å². The third-order valence-electron chi connectivity index (χ3n) is 10.2. The smallest absolute Gasteiger partial charge is 0.320 e. The summed E-state index contributed by atoms with van der Waals surface area (Å²) in [4.78, 5) is 26.6. The number of rotatable bonds is 9. The number of fused-ring (bicyclic) bond motifs is 1. The van der Waals surface area contributed by atoms with Crippen LogP contribution in [0.4, 0.5) is 15.0 Å². The molecule has 3 heterocycles. The number of hydrogen-bond acceptors (Lipinski definition) is 8. The van der Waals surface area contributed by atoms with Crippen LogP contribution in [-0.4, -0.2) is 81.8 Å². The van der Waals surface area contributed by atoms with Gasteiger partial charge in [0.2, 0.25) is 5.96 Å². The number of likely N-dealkylation sites (tertiary alicyclic amines) is 1. The van der Waals surface area contributed by atoms with Gasteiger partial charge in [0, 0.05) is 42.2 Å². The molecule has 1 aliphatic heterocycles. The maximum absolute atomic E-state index is 14.9. The molecule has 2 amide bonds. The van der Waals surface area contributed by atoms with E-state index in [0.717, 1.165) is 42.4 Å². The lowest BCUT2D eigenvalue weighted by Crippen LogP contribution is -2.51. The number of halogens is 1. The first kappa shape index (κ1) is 46.2. The Balaban J connectivity index is 0.00000147. The zero-order valence-corrected chi connectivity index (χ0v) is 36.4. The molecule has 320 valence electrons. The van der Waals surface area contributed by atoms with Gasteiger partial charge in [-0.25, -0.2) is 13.9 Å². The average molecular weight is 814 g/mol. The molecular weight excluding hydrogens is 750 g/mol. The number of nitrogens with one attached hydrogen (secondary N) is 4. The number of piperidine rings is 1. The van der Waals surface area contributed by atoms with Gasteiger partial charge in [-0.2, -0.15) is 5.10 Å². The Hall–Kier alpha value is -5.50. The lowest BCUT2D eigenvalue weighted by molar-refractivity contribution is -0.106. The Morgan fingerprint density at radius 1 is 0.983 bits per heavy atom. The molecule has 4 aromatic rings. The Bertz CT molecular complexity index is 2080. The van der Waals surface area contributed by atoms with Crippen LogP contribution >= 0.6 is 0 Å². The molecule has 0 unspecified atom stereocenters. The van der Waals surface area contributed by atoms with Crippen molar-refractivity contribution in [2.75, 3.05) is 32.6 Å². The van der Waals surface area contributed by atoms with Crippen molar-refractivity contribution >= 4 is 24.1 Å². The highest BCUT2D eigenvalue weighted by molar-refractivity contribution is 5.89. The second-order valence-corrected chi connectivity index (χ2v) is 16.1. The monoisotopic (exact) mass is 814 g/mol. The van der Waals surface area contributed by atoms with Crippen molar-refractivity contribution in [2.45, 2.75) is 117 Å². The summed E-state index contributed by atoms with van der Waals surface area (Å²) in [5.74, 6) is 1.16. The first-order valence-electron chi connectivity index (χ1n) is 20.7. The second-order valence-electron chi connectivity index (χ2n) is 16.1. The van der Waals surface area contributed by atoms with Gasteiger partial charge in [0.1, 0.15) is 47.6 Å². The fourth-order valence-electron chi connectivity index (χ4n) is 7.32. The van der Waals surface area contributed by atoms with E-state index in [1.807, 2.05) is 83.9 Å². The first-order chi connectivity index (χ1) is 28.1. The van der Waals surface area contributed by atoms with Crippen molar-refractivity contribution in [3.63, 3.8) is 0 Å². The third kappa shape index (κ3) is 12.0. The standard InChI is InChI=1S/C41H54FN9O3.C2H4O.C2H6/c1-26-11-10-12-27(2)50(26)39(44)49-25-30(15-18-37(49)43)54-35-17-16-34(32-13-8-9-14-33(32)35)45-40(52)46-38-24-36(41(3,4)5)47-51(38)29-21-28(42)22-31(23-29)53-20-19-48(6)7;1-2-3;1-2/h8-9,13-15,18,21-27,34-35,43-44H,10-12,16-17,19-20H2,1-7H3,(H2,45,46,52);2H,1H3;1-2H3/t26-,27+,34-,35+;;/m0../s1. The highest BCUT2D eigenvalue weighted by atomic mass is 19.1. The molecule has 4 atom stereocenters. The molecule has 1 fully saturated rings. The normalized spacial score (nSPS) is 18.6. The van der Waals surface area contributed by atoms with Crippen LogP contribution in [0.25, 0.3) is 5.69 Å². The molecule has 13 nitrogen and oxygen atoms in total. The molecule has 1 saturated heterocycles. The van der Waals surface area contributed by atoms with Crippen LogP contribution in [0.15, 0.2) is 66.9 Å². The van der Waals surface area contributed by atoms with E-state index in [-0.39, 0.29) is 41.1 Å². The third-order valence-corrected chi connectivity index (χ3v) is 10.2. The Labute approximate surface area is 348 Å². The van der Waals surface area contributed by atoms with E-state index >= 15 is 0 Å². The van der Waals surface area contributed by atoms with Crippen molar-refractivity contribution in [3.8, 4) is 17.2 Å². The van der Waals surface area contributed by atoms with Crippen molar-refractivity contribution in [1.29, 1.82) is 10.8 Å². The number of ether oxygens (including phenoxy) is 2. The summed E-state index contributed by atoms with van der Waals surface area (Å²) < 4.78 is 30.4. The fraction of sp³-hybridized carbons (Fsp3) is 0.489. The molecule has 14 heteroatoms. The topological polar surface area (TPSA) is 154 Å². The number of pyridine rings is 1. The van der Waals surface area contributed by atoms with Crippen molar-refractivity contribution in [2.24, 2.45) is 0 Å². The Morgan fingerprint density at radius 3 is 2.29 bits per heavy atom. The molecule has 4 N–H and O–H groups in total. The molecule has 2 aromatic heterocycles. The van der Waals surface area contributed by atoms with Gasteiger partial charge in [-0.1, -0.05) is 58.9 Å². The summed E-state index contributed by atoms with van der Waals surface area (Å²) in [6, 6.07) is 17.4. The molecule has 0 spiro atoms. The van der Waals surface area contributed by atoms with Crippen LogP contribution in [0.2, 0.25) is 0 Å². The number of carbonyl (C=O) groups excluding carboxylic acids is 2. The minimum absolute atomic E-state index is 0.220. The minimum atomic E-state index is -0.471. The largest absolute Gasteiger partial charge is 0.492 e. The SMILES string of the molecule is CC.CC=O.C[C@@H]1CCC[C@H](C)N1C(=N)n1cc(O[C@@H]2CC[C@H](NC(=O)Nc3cc(C(C)(C)C)nn3-c3cc(F)cc(OCCN(C)C)c3)c3ccccc32)ccc1=N. The van der Waals surface area contributed by atoms with E-state index in [2.05, 4.69) is 29.4 Å². The van der Waals surface area contributed by atoms with Gasteiger partial charge in [-0.15, -0.1) is 0 Å². The number of urea groups is 1. The van der Waals surface area contributed by atoms with Gasteiger partial charge in [-0.05, 0) is 96.3 Å². The average Bonchev–Trinajstić information content (AvgIpc) is 3.62. The summed E-state index contributed by atoms with van der Waals surface area (Å²) in [6.45, 7) is 16.9. The predicted octanol–water partition coefficient (Wildman–Crippen LogP) is 8.58. The van der Waals surface area contributed by atoms with Gasteiger partial charge >= 0.3 is 6.03 Å². The van der Waals surface area contributed by atoms with Crippen molar-refractivity contribution < 1.29 is 23.5 Å². The molecule has 6 rings (SSSR count). The molecule has 0 saturated carbocycles. The number of aromatic nitrogens is 3. The fourth-order valence-corrected chi connectivity index (χ4v) is 7.32. The van der Waals surface area contributed by atoms with E-state index in [1.54, 1.807) is 33.6 Å². The summed E-state index contributed by atoms with van der Waals surface area (Å²) in [7, 11) is 3.89. The lowest BCUT2D eigenvalue weighted by Gasteiger charge is -2.41. The van der Waals surface area contributed by atoms with Gasteiger partial charge in [0.15, 0.2) is 0 Å². The van der Waals surface area contributed by atoms with E-state index in [1.165, 1.54) is 19.1 Å². The summed E-state index contributed by atoms with van der Waals surface area (Å²) in [5, 5.41) is 28.5. The Kier molecular flexibility index (Phi) is 16.4. The number of nitrogens with zero attached hydrogens (tertiary/aromatic N) is 5. The minimum Gasteiger partial charge on any atom is -0.492 e. The van der Waals surface area contributed by atoms with Crippen molar-refractivity contribution in [1.82, 2.24) is 29.5 Å². The predicted molar refractivity (Wildman–Crippen MR) is 231 cm³/mol. The van der Waals surface area contributed by atoms with E-state index in [0.29, 0.717) is 49.0 Å². The van der Waals surface area contributed by atoms with Crippen LogP contribution in [0, 0.1) is 16.6 Å². The van der Waals surface area contributed by atoms with E-state index < -0.39 is 11.8 Å². The van der Waals surface area contributed by atoms with Crippen LogP contribution in [0.1, 0.15) is 116 Å². The lowest BCUT2D eigenvalue weighted by atomic mass is 9.85. The molecule has 2 aliphatic rings. The maximum atomic E-state index is 14.9. The number of anilines is 1. The molecule has 0 radical (unpaired) electrons. The number of likely N-dealkylation sites (N-methyl/N-ethyl adjacent to an activating group) is 1. The molecule has 59 heavy (non-hydrogen) atoms. The summed E-state index contributed by atoms with van der Waals surface area (Å²) >= 11 is 0. The second kappa shape index (κ2) is 21.0. The van der Waals surface area contributed by atoms with E-state index in [4.69, 9.17) is 30.2 Å². The number of amides is 2. The van der Waals surface area contributed by atoms with Gasteiger partial charge in [0.25, 0.3) is 0 Å². The van der Waals surface area contributed by atoms with Crippen LogP contribution < -0.4 is 25.6 Å². The van der Waals surface area contributed by atoms with Crippen LogP contribution in [-0.2, 0) is 10.2 Å². The van der Waals surface area contributed by atoms with Crippen LogP contribution in [0.5, 0.6) is 11.5 Å².